The molecule has 0 aliphatic rings. The van der Waals surface area contributed by atoms with E-state index in [9.17, 15) is 28.6 Å². The summed E-state index contributed by atoms with van der Waals surface area (Å²) in [7, 11) is -2.91. The van der Waals surface area contributed by atoms with E-state index >= 15 is 0 Å². The molecule has 0 amide bonds. The molecule has 0 N–H and O–H groups in total. The van der Waals surface area contributed by atoms with Crippen LogP contribution in [-0.4, -0.2) is 25.3 Å². The predicted molar refractivity (Wildman–Crippen MR) is 86.8 cm³/mol. The van der Waals surface area contributed by atoms with Gasteiger partial charge in [0.15, 0.2) is 0 Å². The second-order valence-corrected chi connectivity index (χ2v) is 6.99. The van der Waals surface area contributed by atoms with Crippen LogP contribution in [-0.2, 0) is 10.0 Å². The maximum Gasteiger partial charge on any atom is 0.271 e. The van der Waals surface area contributed by atoms with Gasteiger partial charge in [0, 0.05) is 31.3 Å². The zero-order chi connectivity index (χ0) is 18.1. The van der Waals surface area contributed by atoms with Gasteiger partial charge < -0.3 is 0 Å². The molecule has 0 heterocycles. The van der Waals surface area contributed by atoms with Gasteiger partial charge in [-0.25, -0.2) is 8.42 Å². The van der Waals surface area contributed by atoms with Gasteiger partial charge in [0.2, 0.25) is 0 Å². The van der Waals surface area contributed by atoms with E-state index in [0.717, 1.165) is 40.7 Å². The number of hydrogen-bond acceptors (Lipinski definition) is 6. The lowest BCUT2D eigenvalue weighted by Crippen LogP contribution is -2.26. The molecule has 0 saturated carbocycles. The van der Waals surface area contributed by atoms with E-state index in [-0.39, 0.29) is 27.0 Å². The molecule has 2 aromatic rings. The van der Waals surface area contributed by atoms with E-state index in [1.165, 1.54) is 13.1 Å². The first kappa shape index (κ1) is 17.6. The van der Waals surface area contributed by atoms with Crippen molar-refractivity contribution in [3.05, 3.63) is 67.7 Å². The third-order valence-electron chi connectivity index (χ3n) is 3.19. The highest BCUT2D eigenvalue weighted by molar-refractivity contribution is 7.92. The largest absolute Gasteiger partial charge is 0.271 e. The standard InChI is InChI=1S/C13H10ClN3O6S/c1-15(13-8-10(17(20)21)4-7-12(13)14)24(22,23)11-5-2-9(3-6-11)16(18)19/h2-8H,1H3. The number of hydrogen-bond donors (Lipinski definition) is 0. The fourth-order valence-corrected chi connectivity index (χ4v) is 3.38. The quantitative estimate of drug-likeness (QED) is 0.587. The van der Waals surface area contributed by atoms with E-state index in [1.54, 1.807) is 0 Å². The summed E-state index contributed by atoms with van der Waals surface area (Å²) in [5.41, 5.74) is -0.658. The van der Waals surface area contributed by atoms with E-state index in [0.29, 0.717) is 0 Å². The Morgan fingerprint density at radius 2 is 1.46 bits per heavy atom. The number of nitro benzene ring substituents is 2. The van der Waals surface area contributed by atoms with Crippen LogP contribution in [0, 0.1) is 20.2 Å². The van der Waals surface area contributed by atoms with Crippen molar-refractivity contribution >= 4 is 38.7 Å². The second kappa shape index (κ2) is 6.42. The lowest BCUT2D eigenvalue weighted by Gasteiger charge is -2.20. The molecular formula is C13H10ClN3O6S. The first-order valence-corrected chi connectivity index (χ1v) is 8.13. The minimum atomic E-state index is -4.10. The molecule has 9 nitrogen and oxygen atoms in total. The van der Waals surface area contributed by atoms with Gasteiger partial charge in [-0.2, -0.15) is 0 Å². The average Bonchev–Trinajstić information content (AvgIpc) is 2.54. The van der Waals surface area contributed by atoms with Crippen LogP contribution in [0.15, 0.2) is 47.4 Å². The Hall–Kier alpha value is -2.72. The molecule has 126 valence electrons. The van der Waals surface area contributed by atoms with E-state index in [1.807, 2.05) is 0 Å². The molecule has 11 heteroatoms. The van der Waals surface area contributed by atoms with E-state index in [4.69, 9.17) is 11.6 Å². The number of rotatable bonds is 5. The number of anilines is 1. The summed E-state index contributed by atoms with van der Waals surface area (Å²) >= 11 is 5.94. The molecule has 0 bridgehead atoms. The molecule has 0 spiro atoms. The molecule has 0 atom stereocenters. The topological polar surface area (TPSA) is 124 Å². The van der Waals surface area contributed by atoms with Crippen molar-refractivity contribution in [1.82, 2.24) is 0 Å². The number of sulfonamides is 1. The Morgan fingerprint density at radius 1 is 0.958 bits per heavy atom. The molecule has 0 saturated heterocycles. The predicted octanol–water partition coefficient (Wildman–Crippen LogP) is 2.98. The summed E-state index contributed by atoms with van der Waals surface area (Å²) in [5, 5.41) is 21.5. The van der Waals surface area contributed by atoms with Gasteiger partial charge >= 0.3 is 0 Å². The summed E-state index contributed by atoms with van der Waals surface area (Å²) in [5.74, 6) is 0. The highest BCUT2D eigenvalue weighted by Crippen LogP contribution is 2.32. The van der Waals surface area contributed by atoms with Crippen LogP contribution >= 0.6 is 11.6 Å². The summed E-state index contributed by atoms with van der Waals surface area (Å²) < 4.78 is 25.9. The van der Waals surface area contributed by atoms with Gasteiger partial charge in [-0.3, -0.25) is 24.5 Å². The van der Waals surface area contributed by atoms with Crippen LogP contribution in [0.3, 0.4) is 0 Å². The van der Waals surface area contributed by atoms with Crippen LogP contribution in [0.1, 0.15) is 0 Å². The fraction of sp³-hybridized carbons (Fsp3) is 0.0769. The van der Waals surface area contributed by atoms with Gasteiger partial charge in [-0.1, -0.05) is 11.6 Å². The van der Waals surface area contributed by atoms with Gasteiger partial charge in [-0.15, -0.1) is 0 Å². The molecule has 0 fully saturated rings. The molecule has 24 heavy (non-hydrogen) atoms. The maximum absolute atomic E-state index is 12.6. The smallest absolute Gasteiger partial charge is 0.268 e. The van der Waals surface area contributed by atoms with Crippen molar-refractivity contribution in [3.63, 3.8) is 0 Å². The molecule has 0 unspecified atom stereocenters. The zero-order valence-electron chi connectivity index (χ0n) is 12.1. The molecule has 0 aromatic heterocycles. The van der Waals surface area contributed by atoms with Crippen molar-refractivity contribution in [2.45, 2.75) is 4.90 Å². The first-order chi connectivity index (χ1) is 11.1. The molecule has 0 aliphatic carbocycles. The summed E-state index contributed by atoms with van der Waals surface area (Å²) in [6, 6.07) is 7.66. The number of benzene rings is 2. The summed E-state index contributed by atoms with van der Waals surface area (Å²) in [6.07, 6.45) is 0. The van der Waals surface area contributed by atoms with Gasteiger partial charge in [0.25, 0.3) is 21.4 Å². The lowest BCUT2D eigenvalue weighted by atomic mass is 10.3. The SMILES string of the molecule is CN(c1cc([N+](=O)[O-])ccc1Cl)S(=O)(=O)c1ccc([N+](=O)[O-])cc1. The number of non-ortho nitro benzene ring substituents is 2. The highest BCUT2D eigenvalue weighted by atomic mass is 35.5. The minimum Gasteiger partial charge on any atom is -0.268 e. The molecule has 2 aromatic carbocycles. The third-order valence-corrected chi connectivity index (χ3v) is 5.29. The van der Waals surface area contributed by atoms with Crippen LogP contribution in [0.2, 0.25) is 5.02 Å². The Morgan fingerprint density at radius 3 is 1.96 bits per heavy atom. The Bertz CT molecular complexity index is 914. The van der Waals surface area contributed by atoms with E-state index < -0.39 is 19.9 Å². The van der Waals surface area contributed by atoms with Crippen LogP contribution in [0.25, 0.3) is 0 Å². The van der Waals surface area contributed by atoms with Crippen molar-refractivity contribution in [2.24, 2.45) is 0 Å². The van der Waals surface area contributed by atoms with Crippen molar-refractivity contribution in [3.8, 4) is 0 Å². The molecular weight excluding hydrogens is 362 g/mol. The van der Waals surface area contributed by atoms with Crippen molar-refractivity contribution in [1.29, 1.82) is 0 Å². The first-order valence-electron chi connectivity index (χ1n) is 6.32. The Labute approximate surface area is 141 Å². The van der Waals surface area contributed by atoms with E-state index in [2.05, 4.69) is 0 Å². The van der Waals surface area contributed by atoms with Gasteiger partial charge in [0.05, 0.1) is 25.5 Å². The lowest BCUT2D eigenvalue weighted by molar-refractivity contribution is -0.385. The fourth-order valence-electron chi connectivity index (χ4n) is 1.88. The summed E-state index contributed by atoms with van der Waals surface area (Å²) in [4.78, 5) is 19.9. The normalized spacial score (nSPS) is 11.1. The zero-order valence-corrected chi connectivity index (χ0v) is 13.7. The number of halogens is 1. The number of nitrogens with zero attached hydrogens (tertiary/aromatic N) is 3. The van der Waals surface area contributed by atoms with Crippen LogP contribution in [0.4, 0.5) is 17.1 Å². The summed E-state index contributed by atoms with van der Waals surface area (Å²) in [6.45, 7) is 0. The third kappa shape index (κ3) is 3.29. The van der Waals surface area contributed by atoms with Crippen LogP contribution in [0.5, 0.6) is 0 Å². The monoisotopic (exact) mass is 371 g/mol. The highest BCUT2D eigenvalue weighted by Gasteiger charge is 2.25. The van der Waals surface area contributed by atoms with Gasteiger partial charge in [0.1, 0.15) is 0 Å². The maximum atomic E-state index is 12.6. The number of nitro groups is 2. The average molecular weight is 372 g/mol. The molecule has 2 rings (SSSR count). The Balaban J connectivity index is 2.47. The molecule has 0 aliphatic heterocycles. The van der Waals surface area contributed by atoms with Crippen molar-refractivity contribution < 1.29 is 18.3 Å². The minimum absolute atomic E-state index is 0.00795. The molecule has 0 radical (unpaired) electrons. The second-order valence-electron chi connectivity index (χ2n) is 4.62. The van der Waals surface area contributed by atoms with Gasteiger partial charge in [-0.05, 0) is 18.2 Å². The van der Waals surface area contributed by atoms with Crippen LogP contribution < -0.4 is 4.31 Å². The van der Waals surface area contributed by atoms with Crippen molar-refractivity contribution in [2.75, 3.05) is 11.4 Å². The Kier molecular flexibility index (Phi) is 4.71.